The van der Waals surface area contributed by atoms with Gasteiger partial charge in [-0.05, 0) is 55.9 Å². The third-order valence-corrected chi connectivity index (χ3v) is 3.90. The van der Waals surface area contributed by atoms with Gasteiger partial charge in [0.2, 0.25) is 0 Å². The molecule has 0 atom stereocenters. The average Bonchev–Trinajstić information content (AvgIpc) is 2.60. The van der Waals surface area contributed by atoms with E-state index in [2.05, 4.69) is 18.7 Å². The van der Waals surface area contributed by atoms with Crippen molar-refractivity contribution in [3.05, 3.63) is 42.5 Å². The van der Waals surface area contributed by atoms with Gasteiger partial charge in [-0.2, -0.15) is 0 Å². The van der Waals surface area contributed by atoms with Gasteiger partial charge in [-0.25, -0.2) is 0 Å². The molecule has 0 aliphatic carbocycles. The molecule has 0 aromatic heterocycles. The molecule has 24 heavy (non-hydrogen) atoms. The van der Waals surface area contributed by atoms with Crippen LogP contribution in [0.25, 0.3) is 0 Å². The van der Waals surface area contributed by atoms with Crippen LogP contribution in [-0.2, 0) is 0 Å². The molecule has 0 saturated heterocycles. The number of hydrogen-bond acceptors (Lipinski definition) is 5. The lowest BCUT2D eigenvalue weighted by atomic mass is 10.2. The molecular weight excluding hydrogens is 302 g/mol. The molecule has 0 fully saturated rings. The van der Waals surface area contributed by atoms with Crippen LogP contribution in [0.15, 0.2) is 42.5 Å². The minimum atomic E-state index is 0.514. The summed E-state index contributed by atoms with van der Waals surface area (Å²) in [5, 5.41) is 0. The van der Waals surface area contributed by atoms with Crippen molar-refractivity contribution < 1.29 is 9.47 Å². The summed E-state index contributed by atoms with van der Waals surface area (Å²) >= 11 is 0. The average molecular weight is 329 g/mol. The van der Waals surface area contributed by atoms with Crippen LogP contribution in [0.1, 0.15) is 20.3 Å². The Morgan fingerprint density at radius 1 is 0.833 bits per heavy atom. The summed E-state index contributed by atoms with van der Waals surface area (Å²) in [6.07, 6.45) is 1.02. The number of nitrogen functional groups attached to an aromatic ring is 2. The quantitative estimate of drug-likeness (QED) is 0.541. The van der Waals surface area contributed by atoms with Gasteiger partial charge in [0.1, 0.15) is 17.2 Å². The number of ether oxygens (including phenoxy) is 2. The van der Waals surface area contributed by atoms with Crippen LogP contribution in [0.3, 0.4) is 0 Å². The molecule has 0 aliphatic heterocycles. The SMILES string of the molecule is CCN(CC)CCCOc1ccc(Oc2ccc(N)c(N)c2)cc1. The fourth-order valence-corrected chi connectivity index (χ4v) is 2.37. The molecule has 0 bridgehead atoms. The largest absolute Gasteiger partial charge is 0.494 e. The fraction of sp³-hybridized carbons (Fsp3) is 0.368. The lowest BCUT2D eigenvalue weighted by Crippen LogP contribution is -2.25. The third kappa shape index (κ3) is 5.35. The predicted octanol–water partition coefficient (Wildman–Crippen LogP) is 3.75. The van der Waals surface area contributed by atoms with E-state index in [4.69, 9.17) is 20.9 Å². The predicted molar refractivity (Wildman–Crippen MR) is 99.7 cm³/mol. The van der Waals surface area contributed by atoms with Gasteiger partial charge >= 0.3 is 0 Å². The van der Waals surface area contributed by atoms with Gasteiger partial charge in [0.05, 0.1) is 18.0 Å². The molecule has 2 rings (SSSR count). The van der Waals surface area contributed by atoms with E-state index in [1.54, 1.807) is 18.2 Å². The summed E-state index contributed by atoms with van der Waals surface area (Å²) in [4.78, 5) is 2.39. The Morgan fingerprint density at radius 2 is 1.46 bits per heavy atom. The van der Waals surface area contributed by atoms with E-state index in [-0.39, 0.29) is 0 Å². The Morgan fingerprint density at radius 3 is 2.08 bits per heavy atom. The molecule has 0 unspecified atom stereocenters. The van der Waals surface area contributed by atoms with E-state index in [1.807, 2.05) is 24.3 Å². The summed E-state index contributed by atoms with van der Waals surface area (Å²) in [6, 6.07) is 12.8. The molecule has 5 nitrogen and oxygen atoms in total. The monoisotopic (exact) mass is 329 g/mol. The molecule has 2 aromatic carbocycles. The summed E-state index contributed by atoms with van der Waals surface area (Å²) < 4.78 is 11.5. The lowest BCUT2D eigenvalue weighted by Gasteiger charge is -2.17. The normalized spacial score (nSPS) is 10.8. The molecular formula is C19H27N3O2. The van der Waals surface area contributed by atoms with Gasteiger partial charge in [0, 0.05) is 12.6 Å². The summed E-state index contributed by atoms with van der Waals surface area (Å²) in [7, 11) is 0. The Hall–Kier alpha value is -2.40. The molecule has 0 heterocycles. The van der Waals surface area contributed by atoms with Gasteiger partial charge in [0.25, 0.3) is 0 Å². The summed E-state index contributed by atoms with van der Waals surface area (Å²) in [5.41, 5.74) is 12.5. The highest BCUT2D eigenvalue weighted by Crippen LogP contribution is 2.27. The molecule has 5 heteroatoms. The number of nitrogens with zero attached hydrogens (tertiary/aromatic N) is 1. The van der Waals surface area contributed by atoms with Crippen molar-refractivity contribution in [2.45, 2.75) is 20.3 Å². The second kappa shape index (κ2) is 9.03. The van der Waals surface area contributed by atoms with Crippen LogP contribution in [0.5, 0.6) is 17.2 Å². The Balaban J connectivity index is 1.81. The van der Waals surface area contributed by atoms with Crippen LogP contribution < -0.4 is 20.9 Å². The Labute approximate surface area is 144 Å². The summed E-state index contributed by atoms with van der Waals surface area (Å²) in [5.74, 6) is 2.24. The highest BCUT2D eigenvalue weighted by molar-refractivity contribution is 5.65. The molecule has 0 amide bonds. The number of anilines is 2. The Kier molecular flexibility index (Phi) is 6.75. The van der Waals surface area contributed by atoms with Crippen molar-refractivity contribution in [1.82, 2.24) is 4.90 Å². The Bertz CT molecular complexity index is 625. The van der Waals surface area contributed by atoms with E-state index < -0.39 is 0 Å². The van der Waals surface area contributed by atoms with Crippen molar-refractivity contribution in [3.8, 4) is 17.2 Å². The second-order valence-corrected chi connectivity index (χ2v) is 5.59. The maximum absolute atomic E-state index is 5.78. The van der Waals surface area contributed by atoms with Crippen molar-refractivity contribution in [3.63, 3.8) is 0 Å². The number of benzene rings is 2. The molecule has 0 spiro atoms. The van der Waals surface area contributed by atoms with Crippen LogP contribution in [0.2, 0.25) is 0 Å². The molecule has 0 radical (unpaired) electrons. The summed E-state index contributed by atoms with van der Waals surface area (Å²) in [6.45, 7) is 8.30. The van der Waals surface area contributed by atoms with Crippen molar-refractivity contribution in [2.24, 2.45) is 0 Å². The van der Waals surface area contributed by atoms with Gasteiger partial charge in [-0.3, -0.25) is 0 Å². The van der Waals surface area contributed by atoms with Gasteiger partial charge < -0.3 is 25.8 Å². The maximum Gasteiger partial charge on any atom is 0.129 e. The molecule has 130 valence electrons. The first kappa shape index (κ1) is 17.9. The topological polar surface area (TPSA) is 73.7 Å². The first-order valence-corrected chi connectivity index (χ1v) is 8.40. The zero-order chi connectivity index (χ0) is 17.4. The maximum atomic E-state index is 5.78. The second-order valence-electron chi connectivity index (χ2n) is 5.59. The number of hydrogen-bond donors (Lipinski definition) is 2. The zero-order valence-electron chi connectivity index (χ0n) is 14.5. The zero-order valence-corrected chi connectivity index (χ0v) is 14.5. The third-order valence-electron chi connectivity index (χ3n) is 3.90. The smallest absolute Gasteiger partial charge is 0.129 e. The van der Waals surface area contributed by atoms with Gasteiger partial charge in [0.15, 0.2) is 0 Å². The number of rotatable bonds is 9. The van der Waals surface area contributed by atoms with E-state index in [1.165, 1.54) is 0 Å². The van der Waals surface area contributed by atoms with Crippen LogP contribution >= 0.6 is 0 Å². The van der Waals surface area contributed by atoms with Crippen LogP contribution in [0, 0.1) is 0 Å². The molecule has 4 N–H and O–H groups in total. The fourth-order valence-electron chi connectivity index (χ4n) is 2.37. The highest BCUT2D eigenvalue weighted by atomic mass is 16.5. The lowest BCUT2D eigenvalue weighted by molar-refractivity contribution is 0.249. The van der Waals surface area contributed by atoms with Crippen molar-refractivity contribution >= 4 is 11.4 Å². The van der Waals surface area contributed by atoms with Crippen LogP contribution in [-0.4, -0.2) is 31.1 Å². The molecule has 0 saturated carbocycles. The first-order valence-electron chi connectivity index (χ1n) is 8.40. The van der Waals surface area contributed by atoms with E-state index in [0.717, 1.165) is 37.6 Å². The standard InChI is InChI=1S/C19H27N3O2/c1-3-22(4-2)12-5-13-23-15-6-8-16(9-7-15)24-17-10-11-18(20)19(21)14-17/h6-11,14H,3-5,12-13,20-21H2,1-2H3. The van der Waals surface area contributed by atoms with E-state index in [0.29, 0.717) is 23.7 Å². The minimum Gasteiger partial charge on any atom is -0.494 e. The van der Waals surface area contributed by atoms with Crippen molar-refractivity contribution in [1.29, 1.82) is 0 Å². The first-order chi connectivity index (χ1) is 11.6. The van der Waals surface area contributed by atoms with E-state index in [9.17, 15) is 0 Å². The van der Waals surface area contributed by atoms with Crippen molar-refractivity contribution in [2.75, 3.05) is 37.7 Å². The van der Waals surface area contributed by atoms with Crippen LogP contribution in [0.4, 0.5) is 11.4 Å². The molecule has 0 aliphatic rings. The highest BCUT2D eigenvalue weighted by Gasteiger charge is 2.02. The van der Waals surface area contributed by atoms with Gasteiger partial charge in [-0.1, -0.05) is 13.8 Å². The molecule has 2 aromatic rings. The minimum absolute atomic E-state index is 0.514. The van der Waals surface area contributed by atoms with E-state index >= 15 is 0 Å². The number of nitrogens with two attached hydrogens (primary N) is 2. The van der Waals surface area contributed by atoms with Gasteiger partial charge in [-0.15, -0.1) is 0 Å².